The first-order chi connectivity index (χ1) is 14.1. The topological polar surface area (TPSA) is 63.5 Å². The molecule has 29 heavy (non-hydrogen) atoms. The second kappa shape index (κ2) is 9.78. The number of aromatic nitrogens is 2. The summed E-state index contributed by atoms with van der Waals surface area (Å²) in [6, 6.07) is 18.3. The fraction of sp³-hybridized carbons (Fsp3) is 0.304. The molecule has 3 aromatic rings. The average molecular weight is 392 g/mol. The Morgan fingerprint density at radius 1 is 1.00 bits per heavy atom. The number of aliphatic imine (C=N–C) groups is 1. The molecular formula is C23H29N5O. The summed E-state index contributed by atoms with van der Waals surface area (Å²) in [7, 11) is 3.74. The van der Waals surface area contributed by atoms with Gasteiger partial charge in [-0.1, -0.05) is 42.5 Å². The average Bonchev–Trinajstić information content (AvgIpc) is 2.99. The lowest BCUT2D eigenvalue weighted by atomic mass is 10.2. The molecule has 0 aliphatic carbocycles. The lowest BCUT2D eigenvalue weighted by molar-refractivity contribution is 0.306. The van der Waals surface area contributed by atoms with E-state index in [0.29, 0.717) is 19.7 Å². The maximum absolute atomic E-state index is 5.92. The quantitative estimate of drug-likeness (QED) is 0.478. The van der Waals surface area contributed by atoms with Gasteiger partial charge in [-0.2, -0.15) is 5.10 Å². The predicted octanol–water partition coefficient (Wildman–Crippen LogP) is 3.48. The third kappa shape index (κ3) is 5.60. The number of aryl methyl sites for hydroxylation is 2. The Labute approximate surface area is 172 Å². The summed E-state index contributed by atoms with van der Waals surface area (Å²) in [5.74, 6) is 1.61. The second-order valence-corrected chi connectivity index (χ2v) is 6.97. The number of ether oxygens (including phenoxy) is 1. The molecule has 0 bridgehead atoms. The van der Waals surface area contributed by atoms with Gasteiger partial charge < -0.3 is 15.4 Å². The van der Waals surface area contributed by atoms with Crippen LogP contribution in [0.25, 0.3) is 0 Å². The van der Waals surface area contributed by atoms with Gasteiger partial charge in [0.2, 0.25) is 0 Å². The number of nitrogens with zero attached hydrogens (tertiary/aromatic N) is 3. The third-order valence-corrected chi connectivity index (χ3v) is 4.92. The monoisotopic (exact) mass is 391 g/mol. The molecule has 3 rings (SSSR count). The molecule has 0 saturated carbocycles. The van der Waals surface area contributed by atoms with Crippen molar-refractivity contribution in [2.24, 2.45) is 12.0 Å². The highest BCUT2D eigenvalue weighted by Crippen LogP contribution is 2.15. The highest BCUT2D eigenvalue weighted by molar-refractivity contribution is 5.79. The summed E-state index contributed by atoms with van der Waals surface area (Å²) >= 11 is 0. The van der Waals surface area contributed by atoms with Crippen molar-refractivity contribution in [1.82, 2.24) is 20.4 Å². The normalized spacial score (nSPS) is 11.4. The van der Waals surface area contributed by atoms with Crippen molar-refractivity contribution in [1.29, 1.82) is 0 Å². The Hall–Kier alpha value is -3.28. The molecule has 0 radical (unpaired) electrons. The summed E-state index contributed by atoms with van der Waals surface area (Å²) in [4.78, 5) is 4.32. The summed E-state index contributed by atoms with van der Waals surface area (Å²) in [6.45, 7) is 6.01. The lowest BCUT2D eigenvalue weighted by Gasteiger charge is -2.13. The smallest absolute Gasteiger partial charge is 0.191 e. The van der Waals surface area contributed by atoms with Crippen molar-refractivity contribution in [3.8, 4) is 5.75 Å². The molecule has 6 nitrogen and oxygen atoms in total. The Morgan fingerprint density at radius 3 is 2.41 bits per heavy atom. The first kappa shape index (κ1) is 20.5. The van der Waals surface area contributed by atoms with E-state index in [1.54, 1.807) is 7.05 Å². The summed E-state index contributed by atoms with van der Waals surface area (Å²) in [6.07, 6.45) is 0. The summed E-state index contributed by atoms with van der Waals surface area (Å²) in [5.41, 5.74) is 5.69. The van der Waals surface area contributed by atoms with Gasteiger partial charge in [0.15, 0.2) is 5.96 Å². The van der Waals surface area contributed by atoms with E-state index < -0.39 is 0 Å². The maximum Gasteiger partial charge on any atom is 0.191 e. The van der Waals surface area contributed by atoms with Crippen LogP contribution in [-0.2, 0) is 26.7 Å². The van der Waals surface area contributed by atoms with Gasteiger partial charge in [0, 0.05) is 38.4 Å². The molecule has 0 aliphatic heterocycles. The standard InChI is InChI=1S/C23H29N5O/c1-17-22(18(2)28(4)27-17)15-26-23(24-3)25-14-20-11-8-12-21(13-20)29-16-19-9-6-5-7-10-19/h5-13H,14-16H2,1-4H3,(H2,24,25,26). The Bertz CT molecular complexity index is 963. The Kier molecular flexibility index (Phi) is 6.89. The van der Waals surface area contributed by atoms with Gasteiger partial charge >= 0.3 is 0 Å². The second-order valence-electron chi connectivity index (χ2n) is 6.97. The Balaban J connectivity index is 1.53. The predicted molar refractivity (Wildman–Crippen MR) is 117 cm³/mol. The van der Waals surface area contributed by atoms with Crippen LogP contribution in [-0.4, -0.2) is 22.8 Å². The molecule has 0 fully saturated rings. The van der Waals surface area contributed by atoms with E-state index in [2.05, 4.69) is 51.9 Å². The van der Waals surface area contributed by atoms with E-state index in [4.69, 9.17) is 4.74 Å². The number of nitrogens with one attached hydrogen (secondary N) is 2. The highest BCUT2D eigenvalue weighted by atomic mass is 16.5. The van der Waals surface area contributed by atoms with Crippen LogP contribution in [0.1, 0.15) is 28.1 Å². The molecular weight excluding hydrogens is 362 g/mol. The molecule has 1 aromatic heterocycles. The molecule has 6 heteroatoms. The van der Waals surface area contributed by atoms with Gasteiger partial charge in [-0.3, -0.25) is 9.67 Å². The van der Waals surface area contributed by atoms with E-state index >= 15 is 0 Å². The van der Waals surface area contributed by atoms with Gasteiger partial charge in [-0.25, -0.2) is 0 Å². The van der Waals surface area contributed by atoms with E-state index in [9.17, 15) is 0 Å². The maximum atomic E-state index is 5.92. The van der Waals surface area contributed by atoms with E-state index in [0.717, 1.165) is 34.2 Å². The SMILES string of the molecule is CN=C(NCc1cccc(OCc2ccccc2)c1)NCc1c(C)nn(C)c1C. The van der Waals surface area contributed by atoms with Crippen molar-refractivity contribution in [2.45, 2.75) is 33.5 Å². The van der Waals surface area contributed by atoms with Crippen molar-refractivity contribution in [3.05, 3.63) is 82.7 Å². The molecule has 0 atom stereocenters. The van der Waals surface area contributed by atoms with Crippen molar-refractivity contribution >= 4 is 5.96 Å². The first-order valence-electron chi connectivity index (χ1n) is 9.76. The number of hydrogen-bond donors (Lipinski definition) is 2. The first-order valence-corrected chi connectivity index (χ1v) is 9.76. The minimum absolute atomic E-state index is 0.560. The zero-order chi connectivity index (χ0) is 20.6. The van der Waals surface area contributed by atoms with Crippen LogP contribution in [0.3, 0.4) is 0 Å². The van der Waals surface area contributed by atoms with Gasteiger partial charge in [0.25, 0.3) is 0 Å². The van der Waals surface area contributed by atoms with Crippen LogP contribution in [0.4, 0.5) is 0 Å². The molecule has 1 heterocycles. The minimum Gasteiger partial charge on any atom is -0.489 e. The highest BCUT2D eigenvalue weighted by Gasteiger charge is 2.09. The van der Waals surface area contributed by atoms with Crippen LogP contribution in [0, 0.1) is 13.8 Å². The zero-order valence-corrected chi connectivity index (χ0v) is 17.6. The number of hydrogen-bond acceptors (Lipinski definition) is 3. The van der Waals surface area contributed by atoms with Crippen LogP contribution >= 0.6 is 0 Å². The molecule has 0 spiro atoms. The van der Waals surface area contributed by atoms with Crippen LogP contribution in [0.15, 0.2) is 59.6 Å². The third-order valence-electron chi connectivity index (χ3n) is 4.92. The van der Waals surface area contributed by atoms with Crippen LogP contribution < -0.4 is 15.4 Å². The fourth-order valence-electron chi connectivity index (χ4n) is 3.14. The van der Waals surface area contributed by atoms with Crippen molar-refractivity contribution in [2.75, 3.05) is 7.05 Å². The summed E-state index contributed by atoms with van der Waals surface area (Å²) in [5, 5.41) is 11.2. The van der Waals surface area contributed by atoms with Crippen molar-refractivity contribution < 1.29 is 4.74 Å². The van der Waals surface area contributed by atoms with E-state index in [1.807, 2.05) is 49.0 Å². The van der Waals surface area contributed by atoms with E-state index in [1.165, 1.54) is 5.56 Å². The fourth-order valence-corrected chi connectivity index (χ4v) is 3.14. The molecule has 0 unspecified atom stereocenters. The van der Waals surface area contributed by atoms with Gasteiger partial charge in [0.1, 0.15) is 12.4 Å². The van der Waals surface area contributed by atoms with Crippen molar-refractivity contribution in [3.63, 3.8) is 0 Å². The lowest BCUT2D eigenvalue weighted by Crippen LogP contribution is -2.36. The molecule has 0 saturated heterocycles. The van der Waals surface area contributed by atoms with Gasteiger partial charge in [-0.05, 0) is 37.1 Å². The van der Waals surface area contributed by atoms with Crippen LogP contribution in [0.5, 0.6) is 5.75 Å². The van der Waals surface area contributed by atoms with Crippen LogP contribution in [0.2, 0.25) is 0 Å². The number of benzene rings is 2. The minimum atomic E-state index is 0.560. The van der Waals surface area contributed by atoms with Gasteiger partial charge in [0.05, 0.1) is 5.69 Å². The molecule has 2 N–H and O–H groups in total. The number of guanidine groups is 1. The largest absolute Gasteiger partial charge is 0.489 e. The number of rotatable bonds is 7. The molecule has 152 valence electrons. The molecule has 0 amide bonds. The zero-order valence-electron chi connectivity index (χ0n) is 17.6. The molecule has 0 aliphatic rings. The molecule has 2 aromatic carbocycles. The van der Waals surface area contributed by atoms with E-state index in [-0.39, 0.29) is 0 Å². The summed E-state index contributed by atoms with van der Waals surface area (Å²) < 4.78 is 7.82. The van der Waals surface area contributed by atoms with Gasteiger partial charge in [-0.15, -0.1) is 0 Å². The Morgan fingerprint density at radius 2 is 1.72 bits per heavy atom.